The van der Waals surface area contributed by atoms with Crippen LogP contribution in [0.25, 0.3) is 0 Å². The molecule has 0 aromatic carbocycles. The number of nitrogens with zero attached hydrogens (tertiary/aromatic N) is 1. The summed E-state index contributed by atoms with van der Waals surface area (Å²) >= 11 is 0. The van der Waals surface area contributed by atoms with E-state index in [2.05, 4.69) is 13.5 Å². The van der Waals surface area contributed by atoms with Crippen molar-refractivity contribution in [2.45, 2.75) is 57.9 Å². The van der Waals surface area contributed by atoms with E-state index in [4.69, 9.17) is 4.99 Å². The summed E-state index contributed by atoms with van der Waals surface area (Å²) in [6.07, 6.45) is 8.22. The number of rotatable bonds is 2. The molecule has 3 atom stereocenters. The second-order valence-corrected chi connectivity index (χ2v) is 6.38. The van der Waals surface area contributed by atoms with Gasteiger partial charge >= 0.3 is 0 Å². The van der Waals surface area contributed by atoms with Crippen molar-refractivity contribution in [3.8, 4) is 0 Å². The molecule has 0 radical (unpaired) electrons. The van der Waals surface area contributed by atoms with Gasteiger partial charge in [-0.3, -0.25) is 9.79 Å². The van der Waals surface area contributed by atoms with Gasteiger partial charge in [0.2, 0.25) is 0 Å². The number of carbonyl (C=O) groups is 1. The maximum absolute atomic E-state index is 12.3. The van der Waals surface area contributed by atoms with Crippen LogP contribution in [0.3, 0.4) is 0 Å². The summed E-state index contributed by atoms with van der Waals surface area (Å²) < 4.78 is 0. The molecule has 0 N–H and O–H groups in total. The fourth-order valence-corrected chi connectivity index (χ4v) is 4.10. The van der Waals surface area contributed by atoms with Crippen LogP contribution in [0, 0.1) is 17.8 Å². The van der Waals surface area contributed by atoms with Crippen molar-refractivity contribution in [2.24, 2.45) is 22.7 Å². The zero-order chi connectivity index (χ0) is 12.7. The van der Waals surface area contributed by atoms with Crippen molar-refractivity contribution in [3.05, 3.63) is 12.2 Å². The van der Waals surface area contributed by atoms with Crippen molar-refractivity contribution in [3.63, 3.8) is 0 Å². The van der Waals surface area contributed by atoms with Crippen LogP contribution in [0.4, 0.5) is 0 Å². The summed E-state index contributed by atoms with van der Waals surface area (Å²) in [6.45, 7) is 6.18. The Labute approximate surface area is 110 Å². The average Bonchev–Trinajstić information content (AvgIpc) is 2.39. The van der Waals surface area contributed by atoms with E-state index in [9.17, 15) is 4.79 Å². The fourth-order valence-electron chi connectivity index (χ4n) is 4.10. The molecule has 2 aliphatic carbocycles. The van der Waals surface area contributed by atoms with Crippen LogP contribution >= 0.6 is 0 Å². The van der Waals surface area contributed by atoms with Crippen molar-refractivity contribution < 1.29 is 4.79 Å². The molecule has 2 aliphatic heterocycles. The Morgan fingerprint density at radius 1 is 1.28 bits per heavy atom. The molecule has 2 fully saturated rings. The van der Waals surface area contributed by atoms with E-state index >= 15 is 0 Å². The van der Waals surface area contributed by atoms with E-state index in [-0.39, 0.29) is 12.0 Å². The Bertz CT molecular complexity index is 403. The molecule has 4 rings (SSSR count). The van der Waals surface area contributed by atoms with Crippen molar-refractivity contribution in [1.29, 1.82) is 0 Å². The summed E-state index contributed by atoms with van der Waals surface area (Å²) in [4.78, 5) is 17.2. The first-order chi connectivity index (χ1) is 8.66. The van der Waals surface area contributed by atoms with Crippen LogP contribution in [-0.2, 0) is 4.79 Å². The fraction of sp³-hybridized carbons (Fsp3) is 0.750. The first-order valence-corrected chi connectivity index (χ1v) is 7.42. The predicted molar refractivity (Wildman–Crippen MR) is 73.8 cm³/mol. The van der Waals surface area contributed by atoms with Gasteiger partial charge in [0.1, 0.15) is 5.78 Å². The van der Waals surface area contributed by atoms with E-state index in [1.54, 1.807) is 0 Å². The van der Waals surface area contributed by atoms with E-state index < -0.39 is 0 Å². The second kappa shape index (κ2) is 4.64. The van der Waals surface area contributed by atoms with Gasteiger partial charge < -0.3 is 0 Å². The lowest BCUT2D eigenvalue weighted by atomic mass is 9.64. The summed E-state index contributed by atoms with van der Waals surface area (Å²) in [7, 11) is 0. The molecule has 0 aromatic heterocycles. The van der Waals surface area contributed by atoms with Gasteiger partial charge in [-0.25, -0.2) is 0 Å². The van der Waals surface area contributed by atoms with Crippen LogP contribution in [0.1, 0.15) is 51.9 Å². The summed E-state index contributed by atoms with van der Waals surface area (Å²) in [6, 6.07) is 0.265. The molecule has 0 amide bonds. The third-order valence-electron chi connectivity index (χ3n) is 5.02. The Kier molecular flexibility index (Phi) is 3.13. The molecular weight excluding hydrogens is 222 g/mol. The van der Waals surface area contributed by atoms with Crippen LogP contribution < -0.4 is 0 Å². The minimum Gasteiger partial charge on any atom is -0.299 e. The number of aliphatic imine (C=N–C) groups is 1. The number of Topliss-reactive ketones (excluding diaryl/α,β-unsaturated/α-hetero) is 1. The Balaban J connectivity index is 1.89. The summed E-state index contributed by atoms with van der Waals surface area (Å²) in [5.41, 5.74) is 2.44. The highest BCUT2D eigenvalue weighted by molar-refractivity contribution is 6.09. The SMILES string of the molecule is C=C(C)[C@H]1C[C@H]2CC(=O)[C@@H]1C(C1CCCCC1)=N2. The van der Waals surface area contributed by atoms with Crippen LogP contribution in [0.5, 0.6) is 0 Å². The predicted octanol–water partition coefficient (Wildman–Crippen LogP) is 3.56. The minimum atomic E-state index is 0.0931. The van der Waals surface area contributed by atoms with E-state index in [1.165, 1.54) is 43.4 Å². The number of ketones is 1. The highest BCUT2D eigenvalue weighted by Gasteiger charge is 2.46. The van der Waals surface area contributed by atoms with E-state index in [0.717, 1.165) is 6.42 Å². The third kappa shape index (κ3) is 1.96. The summed E-state index contributed by atoms with van der Waals surface area (Å²) in [5.74, 6) is 1.51. The van der Waals surface area contributed by atoms with Gasteiger partial charge in [0, 0.05) is 12.1 Å². The molecule has 0 unspecified atom stereocenters. The number of fused-ring (bicyclic) bond motifs is 2. The minimum absolute atomic E-state index is 0.0931. The summed E-state index contributed by atoms with van der Waals surface area (Å²) in [5, 5.41) is 0. The molecule has 98 valence electrons. The number of allylic oxidation sites excluding steroid dienone is 1. The smallest absolute Gasteiger partial charge is 0.144 e. The first-order valence-electron chi connectivity index (χ1n) is 7.42. The molecule has 18 heavy (non-hydrogen) atoms. The van der Waals surface area contributed by atoms with Crippen LogP contribution in [0.2, 0.25) is 0 Å². The van der Waals surface area contributed by atoms with Crippen LogP contribution in [-0.4, -0.2) is 17.5 Å². The molecule has 2 heteroatoms. The molecule has 2 bridgehead atoms. The normalized spacial score (nSPS) is 36.6. The lowest BCUT2D eigenvalue weighted by molar-refractivity contribution is -0.124. The van der Waals surface area contributed by atoms with Gasteiger partial charge in [0.05, 0.1) is 12.0 Å². The lowest BCUT2D eigenvalue weighted by Gasteiger charge is -2.43. The van der Waals surface area contributed by atoms with Gasteiger partial charge in [-0.05, 0) is 38.0 Å². The van der Waals surface area contributed by atoms with Crippen molar-refractivity contribution in [1.82, 2.24) is 0 Å². The van der Waals surface area contributed by atoms with Gasteiger partial charge in [-0.2, -0.15) is 0 Å². The number of hydrogen-bond donors (Lipinski definition) is 0. The first kappa shape index (κ1) is 12.1. The third-order valence-corrected chi connectivity index (χ3v) is 5.02. The van der Waals surface area contributed by atoms with E-state index in [0.29, 0.717) is 24.0 Å². The molecule has 0 aromatic rings. The lowest BCUT2D eigenvalue weighted by Crippen LogP contribution is -2.48. The van der Waals surface area contributed by atoms with Crippen molar-refractivity contribution in [2.75, 3.05) is 0 Å². The molecular formula is C16H23NO. The monoisotopic (exact) mass is 245 g/mol. The molecule has 4 aliphatic rings. The van der Waals surface area contributed by atoms with Gasteiger partial charge in [0.15, 0.2) is 0 Å². The molecule has 2 heterocycles. The molecule has 0 spiro atoms. The topological polar surface area (TPSA) is 29.4 Å². The number of hydrogen-bond acceptors (Lipinski definition) is 2. The zero-order valence-corrected chi connectivity index (χ0v) is 11.3. The van der Waals surface area contributed by atoms with Crippen LogP contribution in [0.15, 0.2) is 17.1 Å². The zero-order valence-electron chi connectivity index (χ0n) is 11.3. The van der Waals surface area contributed by atoms with Gasteiger partial charge in [0.25, 0.3) is 0 Å². The molecule has 0 saturated heterocycles. The van der Waals surface area contributed by atoms with Crippen molar-refractivity contribution >= 4 is 11.5 Å². The largest absolute Gasteiger partial charge is 0.299 e. The number of carbonyl (C=O) groups excluding carboxylic acids is 1. The maximum atomic E-state index is 12.3. The Hall–Kier alpha value is -0.920. The second-order valence-electron chi connectivity index (χ2n) is 6.38. The highest BCUT2D eigenvalue weighted by Crippen LogP contribution is 2.43. The molecule has 2 nitrogen and oxygen atoms in total. The molecule has 2 saturated carbocycles. The Morgan fingerprint density at radius 2 is 2.00 bits per heavy atom. The Morgan fingerprint density at radius 3 is 2.61 bits per heavy atom. The quantitative estimate of drug-likeness (QED) is 0.684. The standard InChI is InChI=1S/C16H23NO/c1-10(2)13-8-12-9-14(18)15(13)16(17-12)11-6-4-3-5-7-11/h11-13,15H,1,3-9H2,2H3/t12-,13+,15+/m0/s1. The van der Waals surface area contributed by atoms with Gasteiger partial charge in [-0.1, -0.05) is 31.4 Å². The highest BCUT2D eigenvalue weighted by atomic mass is 16.1. The van der Waals surface area contributed by atoms with Gasteiger partial charge in [-0.15, -0.1) is 0 Å². The maximum Gasteiger partial charge on any atom is 0.144 e. The average molecular weight is 245 g/mol. The van der Waals surface area contributed by atoms with E-state index in [1.807, 2.05) is 0 Å².